The molecule has 0 saturated carbocycles. The van der Waals surface area contributed by atoms with Gasteiger partial charge in [0, 0.05) is 6.42 Å². The van der Waals surface area contributed by atoms with E-state index in [1.807, 2.05) is 0 Å². The number of carbonyl (C=O) groups is 1. The Morgan fingerprint density at radius 2 is 1.52 bits per heavy atom. The minimum absolute atomic E-state index is 0.0347. The van der Waals surface area contributed by atoms with Crippen molar-refractivity contribution in [1.82, 2.24) is 0 Å². The second kappa shape index (κ2) is 6.45. The van der Waals surface area contributed by atoms with E-state index in [9.17, 15) is 35.2 Å². The normalized spacial score (nSPS) is 16.5. The van der Waals surface area contributed by atoms with Gasteiger partial charge in [0.05, 0.1) is 5.75 Å². The molecule has 1 atom stereocenters. The van der Waals surface area contributed by atoms with Gasteiger partial charge in [0.1, 0.15) is 0 Å². The van der Waals surface area contributed by atoms with Crippen LogP contribution in [0.3, 0.4) is 0 Å². The standard InChI is InChI=1S/C11H17F5O4S/c1-3-7-21(19,20)9(4-2,8(17)18)5-6-10(12,13)11(14,15)16/h3-7H2,1-2H3,(H,17,18). The van der Waals surface area contributed by atoms with Crippen molar-refractivity contribution in [2.24, 2.45) is 0 Å². The van der Waals surface area contributed by atoms with E-state index in [0.29, 0.717) is 0 Å². The number of carboxylic acid groups (broad SMARTS) is 1. The summed E-state index contributed by atoms with van der Waals surface area (Å²) in [5.74, 6) is -7.63. The number of sulfone groups is 1. The molecule has 21 heavy (non-hydrogen) atoms. The summed E-state index contributed by atoms with van der Waals surface area (Å²) in [4.78, 5) is 11.2. The molecule has 0 rings (SSSR count). The van der Waals surface area contributed by atoms with Gasteiger partial charge in [0.25, 0.3) is 0 Å². The topological polar surface area (TPSA) is 71.4 Å². The van der Waals surface area contributed by atoms with E-state index in [1.54, 1.807) is 0 Å². The largest absolute Gasteiger partial charge is 0.480 e. The van der Waals surface area contributed by atoms with Gasteiger partial charge in [-0.15, -0.1) is 0 Å². The van der Waals surface area contributed by atoms with Crippen LogP contribution in [0.1, 0.15) is 39.5 Å². The van der Waals surface area contributed by atoms with E-state index in [-0.39, 0.29) is 6.42 Å². The van der Waals surface area contributed by atoms with Crippen molar-refractivity contribution in [2.75, 3.05) is 5.75 Å². The predicted molar refractivity (Wildman–Crippen MR) is 65.0 cm³/mol. The average Bonchev–Trinajstić information content (AvgIpc) is 2.27. The van der Waals surface area contributed by atoms with E-state index in [1.165, 1.54) is 6.92 Å². The maximum atomic E-state index is 12.9. The van der Waals surface area contributed by atoms with Gasteiger partial charge in [-0.05, 0) is 19.3 Å². The highest BCUT2D eigenvalue weighted by Gasteiger charge is 2.59. The van der Waals surface area contributed by atoms with Crippen molar-refractivity contribution in [3.05, 3.63) is 0 Å². The highest BCUT2D eigenvalue weighted by molar-refractivity contribution is 7.93. The van der Waals surface area contributed by atoms with Gasteiger partial charge in [-0.1, -0.05) is 13.8 Å². The Bertz CT molecular complexity index is 471. The highest BCUT2D eigenvalue weighted by atomic mass is 32.2. The maximum absolute atomic E-state index is 12.9. The van der Waals surface area contributed by atoms with Crippen molar-refractivity contribution >= 4 is 15.8 Å². The molecule has 1 unspecified atom stereocenters. The Morgan fingerprint density at radius 3 is 1.81 bits per heavy atom. The average molecular weight is 340 g/mol. The SMILES string of the molecule is CCCS(=O)(=O)C(CC)(CCC(F)(F)C(F)(F)F)C(=O)O. The first-order chi connectivity index (χ1) is 9.27. The molecular weight excluding hydrogens is 323 g/mol. The first-order valence-corrected chi connectivity index (χ1v) is 7.83. The Hall–Kier alpha value is -0.930. The fourth-order valence-electron chi connectivity index (χ4n) is 1.91. The molecule has 0 fully saturated rings. The summed E-state index contributed by atoms with van der Waals surface area (Å²) < 4.78 is 83.5. The number of hydrogen-bond acceptors (Lipinski definition) is 3. The van der Waals surface area contributed by atoms with Crippen LogP contribution in [-0.2, 0) is 14.6 Å². The highest BCUT2D eigenvalue weighted by Crippen LogP contribution is 2.42. The summed E-state index contributed by atoms with van der Waals surface area (Å²) >= 11 is 0. The minimum Gasteiger partial charge on any atom is -0.480 e. The fourth-order valence-corrected chi connectivity index (χ4v) is 3.96. The van der Waals surface area contributed by atoms with Crippen molar-refractivity contribution in [1.29, 1.82) is 0 Å². The van der Waals surface area contributed by atoms with Crippen molar-refractivity contribution in [3.8, 4) is 0 Å². The van der Waals surface area contributed by atoms with Crippen LogP contribution in [0.25, 0.3) is 0 Å². The Morgan fingerprint density at radius 1 is 1.05 bits per heavy atom. The zero-order chi connectivity index (χ0) is 17.1. The fraction of sp³-hybridized carbons (Fsp3) is 0.909. The predicted octanol–water partition coefficient (Wildman–Crippen LogP) is 3.02. The first kappa shape index (κ1) is 20.1. The molecule has 0 amide bonds. The summed E-state index contributed by atoms with van der Waals surface area (Å²) in [5.41, 5.74) is 0. The van der Waals surface area contributed by atoms with Crippen LogP contribution in [0.15, 0.2) is 0 Å². The van der Waals surface area contributed by atoms with Gasteiger partial charge in [-0.3, -0.25) is 4.79 Å². The molecule has 0 aromatic rings. The lowest BCUT2D eigenvalue weighted by Crippen LogP contribution is -2.49. The first-order valence-electron chi connectivity index (χ1n) is 6.17. The summed E-state index contributed by atoms with van der Waals surface area (Å²) in [6, 6.07) is 0. The van der Waals surface area contributed by atoms with Gasteiger partial charge in [0.2, 0.25) is 0 Å². The summed E-state index contributed by atoms with van der Waals surface area (Å²) in [7, 11) is -4.35. The van der Waals surface area contributed by atoms with Crippen molar-refractivity contribution < 1.29 is 40.3 Å². The van der Waals surface area contributed by atoms with Crippen LogP contribution < -0.4 is 0 Å². The van der Waals surface area contributed by atoms with Gasteiger partial charge in [0.15, 0.2) is 14.6 Å². The molecular formula is C11H17F5O4S. The lowest BCUT2D eigenvalue weighted by molar-refractivity contribution is -0.285. The lowest BCUT2D eigenvalue weighted by Gasteiger charge is -2.30. The van der Waals surface area contributed by atoms with E-state index in [4.69, 9.17) is 5.11 Å². The van der Waals surface area contributed by atoms with Gasteiger partial charge >= 0.3 is 18.1 Å². The molecule has 0 aliphatic heterocycles. The Kier molecular flexibility index (Phi) is 6.16. The third-order valence-corrected chi connectivity index (χ3v) is 6.09. The second-order valence-electron chi connectivity index (χ2n) is 4.67. The van der Waals surface area contributed by atoms with Crippen molar-refractivity contribution in [3.63, 3.8) is 0 Å². The number of halogens is 5. The third-order valence-electron chi connectivity index (χ3n) is 3.29. The number of alkyl halides is 5. The number of hydrogen-bond donors (Lipinski definition) is 1. The zero-order valence-electron chi connectivity index (χ0n) is 11.5. The molecule has 0 aromatic heterocycles. The molecule has 0 radical (unpaired) electrons. The van der Waals surface area contributed by atoms with Crippen LogP contribution in [-0.4, -0.2) is 42.1 Å². The molecule has 0 bridgehead atoms. The molecule has 0 saturated heterocycles. The van der Waals surface area contributed by atoms with Crippen LogP contribution in [0.5, 0.6) is 0 Å². The molecule has 0 aliphatic carbocycles. The van der Waals surface area contributed by atoms with Crippen LogP contribution >= 0.6 is 0 Å². The summed E-state index contributed by atoms with van der Waals surface area (Å²) in [6.45, 7) is 2.57. The molecule has 4 nitrogen and oxygen atoms in total. The lowest BCUT2D eigenvalue weighted by atomic mass is 9.96. The van der Waals surface area contributed by atoms with Crippen molar-refractivity contribution in [2.45, 2.75) is 56.4 Å². The molecule has 126 valence electrons. The Labute approximate surface area is 119 Å². The van der Waals surface area contributed by atoms with E-state index in [2.05, 4.69) is 0 Å². The summed E-state index contributed by atoms with van der Waals surface area (Å²) in [6.07, 6.45) is -9.58. The minimum atomic E-state index is -5.85. The van der Waals surface area contributed by atoms with Gasteiger partial charge in [-0.25, -0.2) is 8.42 Å². The Balaban J connectivity index is 5.55. The monoisotopic (exact) mass is 340 g/mol. The van der Waals surface area contributed by atoms with E-state index in [0.717, 1.165) is 6.92 Å². The van der Waals surface area contributed by atoms with Gasteiger partial charge < -0.3 is 5.11 Å². The number of rotatable bonds is 8. The summed E-state index contributed by atoms with van der Waals surface area (Å²) in [5, 5.41) is 9.08. The molecule has 0 spiro atoms. The van der Waals surface area contributed by atoms with Crippen LogP contribution in [0.2, 0.25) is 0 Å². The van der Waals surface area contributed by atoms with Gasteiger partial charge in [-0.2, -0.15) is 22.0 Å². The number of aliphatic carboxylic acids is 1. The second-order valence-corrected chi connectivity index (χ2v) is 7.09. The maximum Gasteiger partial charge on any atom is 0.453 e. The van der Waals surface area contributed by atoms with Crippen LogP contribution in [0, 0.1) is 0 Å². The molecule has 0 aliphatic rings. The molecule has 0 heterocycles. The number of carboxylic acids is 1. The zero-order valence-corrected chi connectivity index (χ0v) is 12.3. The van der Waals surface area contributed by atoms with E-state index >= 15 is 0 Å². The van der Waals surface area contributed by atoms with E-state index < -0.39 is 57.7 Å². The molecule has 10 heteroatoms. The molecule has 0 aromatic carbocycles. The third kappa shape index (κ3) is 4.04. The smallest absolute Gasteiger partial charge is 0.453 e. The quantitative estimate of drug-likeness (QED) is 0.690. The van der Waals surface area contributed by atoms with Crippen LogP contribution in [0.4, 0.5) is 22.0 Å². The molecule has 1 N–H and O–H groups in total.